The van der Waals surface area contributed by atoms with Crippen LogP contribution in [-0.2, 0) is 12.8 Å². The van der Waals surface area contributed by atoms with Gasteiger partial charge in [0.05, 0.1) is 5.69 Å². The van der Waals surface area contributed by atoms with Crippen LogP contribution >= 0.6 is 15.9 Å². The van der Waals surface area contributed by atoms with Gasteiger partial charge in [-0.05, 0) is 76.7 Å². The van der Waals surface area contributed by atoms with Crippen molar-refractivity contribution in [1.29, 1.82) is 0 Å². The minimum atomic E-state index is -0.340. The Morgan fingerprint density at radius 1 is 1.10 bits per heavy atom. The average molecular weight is 334 g/mol. The zero-order valence-electron chi connectivity index (χ0n) is 10.7. The Balaban J connectivity index is 1.82. The molecule has 0 aromatic heterocycles. The molecule has 1 amide bonds. The van der Waals surface area contributed by atoms with Crippen molar-refractivity contribution in [3.63, 3.8) is 0 Å². The predicted octanol–water partition coefficient (Wildman–Crippen LogP) is 4.33. The number of hydrogen-bond donors (Lipinski definition) is 1. The van der Waals surface area contributed by atoms with Crippen molar-refractivity contribution in [3.8, 4) is 0 Å². The molecule has 102 valence electrons. The van der Waals surface area contributed by atoms with Crippen LogP contribution in [0.25, 0.3) is 0 Å². The number of amides is 1. The summed E-state index contributed by atoms with van der Waals surface area (Å²) in [6.07, 6.45) is 3.29. The fourth-order valence-electron chi connectivity index (χ4n) is 2.50. The SMILES string of the molecule is O=C(Nc1ccc(F)cc1Br)c1ccc2c(c1)CCC2. The Labute approximate surface area is 125 Å². The van der Waals surface area contributed by atoms with Gasteiger partial charge in [0, 0.05) is 10.0 Å². The summed E-state index contributed by atoms with van der Waals surface area (Å²) in [6, 6.07) is 10.0. The first kappa shape index (κ1) is 13.3. The van der Waals surface area contributed by atoms with Gasteiger partial charge in [0.2, 0.25) is 0 Å². The molecular weight excluding hydrogens is 321 g/mol. The lowest BCUT2D eigenvalue weighted by atomic mass is 10.1. The molecule has 0 saturated carbocycles. The fourth-order valence-corrected chi connectivity index (χ4v) is 2.95. The number of carbonyl (C=O) groups excluding carboxylic acids is 1. The third-order valence-electron chi connectivity index (χ3n) is 3.54. The normalized spacial score (nSPS) is 13.1. The van der Waals surface area contributed by atoms with Gasteiger partial charge >= 0.3 is 0 Å². The number of nitrogens with one attached hydrogen (secondary N) is 1. The smallest absolute Gasteiger partial charge is 0.255 e. The molecule has 0 fully saturated rings. The van der Waals surface area contributed by atoms with E-state index in [1.165, 1.54) is 23.3 Å². The van der Waals surface area contributed by atoms with Gasteiger partial charge in [-0.25, -0.2) is 4.39 Å². The van der Waals surface area contributed by atoms with Crippen LogP contribution in [0, 0.1) is 5.82 Å². The number of rotatable bonds is 2. The van der Waals surface area contributed by atoms with Crippen LogP contribution in [0.3, 0.4) is 0 Å². The van der Waals surface area contributed by atoms with Crippen LogP contribution < -0.4 is 5.32 Å². The van der Waals surface area contributed by atoms with Crippen molar-refractivity contribution in [2.45, 2.75) is 19.3 Å². The number of carbonyl (C=O) groups is 1. The minimum Gasteiger partial charge on any atom is -0.321 e. The third kappa shape index (κ3) is 2.61. The van der Waals surface area contributed by atoms with Gasteiger partial charge in [0.15, 0.2) is 0 Å². The van der Waals surface area contributed by atoms with E-state index >= 15 is 0 Å². The monoisotopic (exact) mass is 333 g/mol. The summed E-state index contributed by atoms with van der Waals surface area (Å²) >= 11 is 3.24. The highest BCUT2D eigenvalue weighted by Crippen LogP contribution is 2.25. The molecule has 0 radical (unpaired) electrons. The quantitative estimate of drug-likeness (QED) is 0.870. The average Bonchev–Trinajstić information content (AvgIpc) is 2.89. The van der Waals surface area contributed by atoms with Gasteiger partial charge in [-0.1, -0.05) is 6.07 Å². The first-order chi connectivity index (χ1) is 9.63. The second kappa shape index (κ2) is 5.37. The summed E-state index contributed by atoms with van der Waals surface area (Å²) in [7, 11) is 0. The first-order valence-electron chi connectivity index (χ1n) is 6.52. The van der Waals surface area contributed by atoms with Gasteiger partial charge in [-0.2, -0.15) is 0 Å². The summed E-state index contributed by atoms with van der Waals surface area (Å²) in [4.78, 5) is 12.2. The zero-order valence-corrected chi connectivity index (χ0v) is 12.3. The van der Waals surface area contributed by atoms with Crippen molar-refractivity contribution in [2.75, 3.05) is 5.32 Å². The maximum Gasteiger partial charge on any atom is 0.255 e. The number of anilines is 1. The van der Waals surface area contributed by atoms with E-state index in [0.29, 0.717) is 15.7 Å². The lowest BCUT2D eigenvalue weighted by Gasteiger charge is -2.08. The zero-order chi connectivity index (χ0) is 14.1. The van der Waals surface area contributed by atoms with E-state index < -0.39 is 0 Å². The van der Waals surface area contributed by atoms with Gasteiger partial charge in [-0.3, -0.25) is 4.79 Å². The van der Waals surface area contributed by atoms with Crippen molar-refractivity contribution < 1.29 is 9.18 Å². The van der Waals surface area contributed by atoms with E-state index in [0.717, 1.165) is 19.3 Å². The van der Waals surface area contributed by atoms with Crippen LogP contribution in [-0.4, -0.2) is 5.91 Å². The van der Waals surface area contributed by atoms with Gasteiger partial charge in [0.1, 0.15) is 5.82 Å². The van der Waals surface area contributed by atoms with Gasteiger partial charge in [-0.15, -0.1) is 0 Å². The molecule has 3 rings (SSSR count). The molecule has 0 saturated heterocycles. The van der Waals surface area contributed by atoms with Gasteiger partial charge in [0.25, 0.3) is 5.91 Å². The highest BCUT2D eigenvalue weighted by molar-refractivity contribution is 9.10. The lowest BCUT2D eigenvalue weighted by molar-refractivity contribution is 0.102. The highest BCUT2D eigenvalue weighted by Gasteiger charge is 2.14. The minimum absolute atomic E-state index is 0.174. The Morgan fingerprint density at radius 2 is 1.90 bits per heavy atom. The highest BCUT2D eigenvalue weighted by atomic mass is 79.9. The Bertz CT molecular complexity index is 684. The molecular formula is C16H13BrFNO. The molecule has 4 heteroatoms. The van der Waals surface area contributed by atoms with Crippen LogP contribution in [0.5, 0.6) is 0 Å². The summed E-state index contributed by atoms with van der Waals surface area (Å²) in [6.45, 7) is 0. The van der Waals surface area contributed by atoms with E-state index in [2.05, 4.69) is 21.2 Å². The number of halogens is 2. The largest absolute Gasteiger partial charge is 0.321 e. The number of aryl methyl sites for hydroxylation is 2. The summed E-state index contributed by atoms with van der Waals surface area (Å²) in [5.41, 5.74) is 3.80. The molecule has 2 nitrogen and oxygen atoms in total. The molecule has 20 heavy (non-hydrogen) atoms. The molecule has 0 unspecified atom stereocenters. The number of benzene rings is 2. The second-order valence-corrected chi connectivity index (χ2v) is 5.77. The fraction of sp³-hybridized carbons (Fsp3) is 0.188. The molecule has 1 aliphatic carbocycles. The Hall–Kier alpha value is -1.68. The third-order valence-corrected chi connectivity index (χ3v) is 4.20. The second-order valence-electron chi connectivity index (χ2n) is 4.92. The van der Waals surface area contributed by atoms with Gasteiger partial charge < -0.3 is 5.32 Å². The van der Waals surface area contributed by atoms with E-state index in [1.807, 2.05) is 18.2 Å². The topological polar surface area (TPSA) is 29.1 Å². The van der Waals surface area contributed by atoms with Crippen LogP contribution in [0.15, 0.2) is 40.9 Å². The molecule has 1 aliphatic rings. The molecule has 0 aliphatic heterocycles. The standard InChI is InChI=1S/C16H13BrFNO/c17-14-9-13(18)6-7-15(14)19-16(20)12-5-4-10-2-1-3-11(10)8-12/h4-9H,1-3H2,(H,19,20). The van der Waals surface area contributed by atoms with Crippen molar-refractivity contribution in [2.24, 2.45) is 0 Å². The molecule has 0 atom stereocenters. The number of fused-ring (bicyclic) bond motifs is 1. The van der Waals surface area contributed by atoms with Crippen LogP contribution in [0.4, 0.5) is 10.1 Å². The van der Waals surface area contributed by atoms with Crippen LogP contribution in [0.1, 0.15) is 27.9 Å². The van der Waals surface area contributed by atoms with Crippen molar-refractivity contribution >= 4 is 27.5 Å². The maximum atomic E-state index is 13.0. The summed E-state index contributed by atoms with van der Waals surface area (Å²) in [5.74, 6) is -0.514. The summed E-state index contributed by atoms with van der Waals surface area (Å²) in [5, 5.41) is 2.79. The molecule has 1 N–H and O–H groups in total. The predicted molar refractivity (Wildman–Crippen MR) is 80.5 cm³/mol. The first-order valence-corrected chi connectivity index (χ1v) is 7.31. The van der Waals surface area contributed by atoms with E-state index in [1.54, 1.807) is 6.07 Å². The van der Waals surface area contributed by atoms with Crippen molar-refractivity contribution in [3.05, 3.63) is 63.4 Å². The molecule has 0 heterocycles. The van der Waals surface area contributed by atoms with E-state index in [4.69, 9.17) is 0 Å². The molecule has 2 aromatic rings. The van der Waals surface area contributed by atoms with Crippen molar-refractivity contribution in [1.82, 2.24) is 0 Å². The maximum absolute atomic E-state index is 13.0. The summed E-state index contributed by atoms with van der Waals surface area (Å²) < 4.78 is 13.5. The molecule has 0 spiro atoms. The molecule has 0 bridgehead atoms. The Morgan fingerprint density at radius 3 is 2.70 bits per heavy atom. The molecule has 2 aromatic carbocycles. The Kier molecular flexibility index (Phi) is 3.57. The van der Waals surface area contributed by atoms with E-state index in [9.17, 15) is 9.18 Å². The number of hydrogen-bond acceptors (Lipinski definition) is 1. The van der Waals surface area contributed by atoms with E-state index in [-0.39, 0.29) is 11.7 Å². The van der Waals surface area contributed by atoms with Crippen LogP contribution in [0.2, 0.25) is 0 Å². The lowest BCUT2D eigenvalue weighted by Crippen LogP contribution is -2.12.